The van der Waals surface area contributed by atoms with Crippen LogP contribution >= 0.6 is 15.9 Å². The van der Waals surface area contributed by atoms with Crippen LogP contribution in [0.3, 0.4) is 0 Å². The molecule has 380 valence electrons. The van der Waals surface area contributed by atoms with Crippen molar-refractivity contribution >= 4 is 71.2 Å². The van der Waals surface area contributed by atoms with Crippen molar-refractivity contribution < 1.29 is 47.9 Å². The fraction of sp³-hybridized carbons (Fsp3) is 0.288. The molecule has 0 aliphatic heterocycles. The molecule has 0 unspecified atom stereocenters. The molecule has 13 heteroatoms. The van der Waals surface area contributed by atoms with E-state index in [-0.39, 0.29) is 27.2 Å². The molecule has 2 amide bonds. The van der Waals surface area contributed by atoms with Crippen molar-refractivity contribution in [2.45, 2.75) is 58.3 Å². The number of rotatable bonds is 20. The molecule has 0 fully saturated rings. The largest absolute Gasteiger partial charge is 0.497 e. The maximum atomic E-state index is 12.3. The third-order valence-electron chi connectivity index (χ3n) is 11.5. The number of alkyl halides is 1. The van der Waals surface area contributed by atoms with Crippen LogP contribution in [0, 0.1) is 0 Å². The highest BCUT2D eigenvalue weighted by Gasteiger charge is 2.12. The van der Waals surface area contributed by atoms with Gasteiger partial charge in [-0.05, 0) is 116 Å². The Bertz CT molecular complexity index is 2780. The number of aliphatic hydroxyl groups is 1. The van der Waals surface area contributed by atoms with Gasteiger partial charge in [-0.25, -0.2) is 9.59 Å². The van der Waals surface area contributed by atoms with Crippen LogP contribution in [-0.2, 0) is 39.4 Å². The van der Waals surface area contributed by atoms with Gasteiger partial charge in [-0.3, -0.25) is 0 Å². The van der Waals surface area contributed by atoms with Crippen molar-refractivity contribution in [3.05, 3.63) is 168 Å². The molecule has 12 nitrogen and oxygen atoms in total. The highest BCUT2D eigenvalue weighted by Crippen LogP contribution is 2.31. The maximum absolute atomic E-state index is 12.3. The van der Waals surface area contributed by atoms with Crippen molar-refractivity contribution in [1.29, 1.82) is 0 Å². The molecule has 0 aliphatic rings. The molecule has 8 aromatic carbocycles. The smallest absolute Gasteiger partial charge is 0.407 e. The Morgan fingerprint density at radius 1 is 0.472 bits per heavy atom. The number of fused-ring (bicyclic) bond motifs is 4. The molecule has 0 aliphatic carbocycles. The third-order valence-corrected chi connectivity index (χ3v) is 12.2. The number of carbonyl (C=O) groups is 2. The van der Waals surface area contributed by atoms with Gasteiger partial charge in [0.2, 0.25) is 0 Å². The Kier molecular flexibility index (Phi) is 23.2. The van der Waals surface area contributed by atoms with E-state index in [1.807, 2.05) is 84.9 Å². The standard InChI is InChI=1S/C29H31NO5.C20H21NO3.C9H11BrO2.CH4/c1-32-24-15-21(16-25(18-24)33-2)19-34-14-8-7-13-30-29(31)35-20-28-26-11-5-3-9-22(26)17-23-10-4-6-12-27(23)28;22-12-6-5-11-21-20(23)24-14-19-17-9-3-1-7-15(17)13-16-8-2-4-10-18(16)19;1-11-8-3-7(6-10)4-9(5-8)12-2;/h3-6,9-12,15-18H,7-8,13-14,19-20H2,1-2H3,(H,30,31);1-4,7-10,13,22H,5-6,11-12,14H2,(H,21,23);3-5H,6H2,1-2H3;1H4. The van der Waals surface area contributed by atoms with E-state index in [1.165, 1.54) is 0 Å². The first kappa shape index (κ1) is 55.9. The van der Waals surface area contributed by atoms with Crippen LogP contribution in [0.25, 0.3) is 43.1 Å². The lowest BCUT2D eigenvalue weighted by Gasteiger charge is -2.13. The topological polar surface area (TPSA) is 143 Å². The average molecular weight is 1040 g/mol. The molecular formula is C59H67BrN2O10. The van der Waals surface area contributed by atoms with Gasteiger partial charge in [-0.1, -0.05) is 120 Å². The van der Waals surface area contributed by atoms with E-state index in [0.717, 1.165) is 113 Å². The van der Waals surface area contributed by atoms with Gasteiger partial charge in [0.25, 0.3) is 0 Å². The van der Waals surface area contributed by atoms with Crippen LogP contribution in [0.5, 0.6) is 23.0 Å². The van der Waals surface area contributed by atoms with Crippen LogP contribution in [0.1, 0.15) is 55.4 Å². The zero-order chi connectivity index (χ0) is 50.2. The van der Waals surface area contributed by atoms with Gasteiger partial charge in [-0.2, -0.15) is 0 Å². The summed E-state index contributed by atoms with van der Waals surface area (Å²) in [5.41, 5.74) is 4.18. The number of halogens is 1. The van der Waals surface area contributed by atoms with Crippen molar-refractivity contribution in [3.8, 4) is 23.0 Å². The molecule has 0 radical (unpaired) electrons. The third kappa shape index (κ3) is 16.5. The average Bonchev–Trinajstić information content (AvgIpc) is 3.41. The van der Waals surface area contributed by atoms with Gasteiger partial charge in [0, 0.05) is 54.9 Å². The predicted octanol–water partition coefficient (Wildman–Crippen LogP) is 13.5. The number of aliphatic hydroxyl groups excluding tert-OH is 1. The Morgan fingerprint density at radius 2 is 0.833 bits per heavy atom. The van der Waals surface area contributed by atoms with Crippen LogP contribution < -0.4 is 29.6 Å². The second-order valence-corrected chi connectivity index (χ2v) is 16.9. The molecule has 0 atom stereocenters. The van der Waals surface area contributed by atoms with Gasteiger partial charge in [0.05, 0.1) is 35.0 Å². The molecule has 0 saturated carbocycles. The Hall–Kier alpha value is -7.06. The van der Waals surface area contributed by atoms with E-state index in [1.54, 1.807) is 28.4 Å². The zero-order valence-electron chi connectivity index (χ0n) is 40.8. The van der Waals surface area contributed by atoms with E-state index in [4.69, 9.17) is 38.3 Å². The number of carbonyl (C=O) groups excluding carboxylic acids is 2. The summed E-state index contributed by atoms with van der Waals surface area (Å²) in [5, 5.41) is 24.0. The first-order valence-electron chi connectivity index (χ1n) is 23.6. The Morgan fingerprint density at radius 3 is 1.19 bits per heavy atom. The Labute approximate surface area is 431 Å². The first-order valence-corrected chi connectivity index (χ1v) is 24.7. The number of alkyl carbamates (subject to hydrolysis) is 2. The van der Waals surface area contributed by atoms with Gasteiger partial charge in [0.15, 0.2) is 0 Å². The number of unbranched alkanes of at least 4 members (excludes halogenated alkanes) is 2. The number of amides is 2. The highest BCUT2D eigenvalue weighted by atomic mass is 79.9. The highest BCUT2D eigenvalue weighted by molar-refractivity contribution is 9.08. The lowest BCUT2D eigenvalue weighted by atomic mass is 9.97. The van der Waals surface area contributed by atoms with Crippen LogP contribution in [0.4, 0.5) is 9.59 Å². The van der Waals surface area contributed by atoms with E-state index >= 15 is 0 Å². The summed E-state index contributed by atoms with van der Waals surface area (Å²) >= 11 is 3.37. The van der Waals surface area contributed by atoms with Crippen molar-refractivity contribution in [3.63, 3.8) is 0 Å². The van der Waals surface area contributed by atoms with Crippen LogP contribution in [0.2, 0.25) is 0 Å². The summed E-state index contributed by atoms with van der Waals surface area (Å²) < 4.78 is 37.5. The predicted molar refractivity (Wildman–Crippen MR) is 293 cm³/mol. The summed E-state index contributed by atoms with van der Waals surface area (Å²) in [6.07, 6.45) is 2.21. The molecule has 0 spiro atoms. The molecule has 8 aromatic rings. The maximum Gasteiger partial charge on any atom is 0.407 e. The van der Waals surface area contributed by atoms with Gasteiger partial charge in [-0.15, -0.1) is 0 Å². The second-order valence-electron chi connectivity index (χ2n) is 16.4. The van der Waals surface area contributed by atoms with Gasteiger partial charge >= 0.3 is 12.2 Å². The van der Waals surface area contributed by atoms with Crippen molar-refractivity contribution in [2.75, 3.05) is 54.7 Å². The summed E-state index contributed by atoms with van der Waals surface area (Å²) in [5.74, 6) is 3.12. The molecule has 72 heavy (non-hydrogen) atoms. The fourth-order valence-corrected chi connectivity index (χ4v) is 8.26. The number of nitrogens with one attached hydrogen (secondary N) is 2. The number of hydrogen-bond acceptors (Lipinski definition) is 10. The lowest BCUT2D eigenvalue weighted by molar-refractivity contribution is 0.115. The number of methoxy groups -OCH3 is 4. The summed E-state index contributed by atoms with van der Waals surface area (Å²) in [6.45, 7) is 2.70. The number of hydrogen-bond donors (Lipinski definition) is 3. The SMILES string of the molecule is C.COc1cc(CBr)cc(OC)c1.COc1cc(COCCCCNC(=O)OCc2c3ccccc3cc3ccccc23)cc(OC)c1.O=C(NCCCCO)OCc1c2ccccc2cc2ccccc12. The van der Waals surface area contributed by atoms with Gasteiger partial charge < -0.3 is 48.9 Å². The minimum absolute atomic E-state index is 0. The summed E-state index contributed by atoms with van der Waals surface area (Å²) in [4.78, 5) is 24.2. The number of benzene rings is 8. The molecule has 0 saturated heterocycles. The van der Waals surface area contributed by atoms with E-state index in [0.29, 0.717) is 32.7 Å². The van der Waals surface area contributed by atoms with E-state index in [9.17, 15) is 9.59 Å². The quantitative estimate of drug-likeness (QED) is 0.0383. The van der Waals surface area contributed by atoms with Crippen molar-refractivity contribution in [2.24, 2.45) is 0 Å². The van der Waals surface area contributed by atoms with Crippen molar-refractivity contribution in [1.82, 2.24) is 10.6 Å². The second kappa shape index (κ2) is 30.0. The van der Waals surface area contributed by atoms with Crippen LogP contribution in [-0.4, -0.2) is 72.0 Å². The Balaban J connectivity index is 0.000000224. The minimum Gasteiger partial charge on any atom is -0.497 e. The summed E-state index contributed by atoms with van der Waals surface area (Å²) in [6, 6.07) is 48.4. The monoisotopic (exact) mass is 1040 g/mol. The fourth-order valence-electron chi connectivity index (χ4n) is 7.93. The summed E-state index contributed by atoms with van der Waals surface area (Å²) in [7, 11) is 6.54. The van der Waals surface area contributed by atoms with E-state index in [2.05, 4.69) is 87.2 Å². The van der Waals surface area contributed by atoms with Crippen LogP contribution in [0.15, 0.2) is 146 Å². The molecule has 0 bridgehead atoms. The normalized spacial score (nSPS) is 10.5. The zero-order valence-corrected chi connectivity index (χ0v) is 42.4. The van der Waals surface area contributed by atoms with Gasteiger partial charge in [0.1, 0.15) is 36.2 Å². The molecular weight excluding hydrogens is 977 g/mol. The minimum atomic E-state index is -0.426. The molecule has 0 heterocycles. The van der Waals surface area contributed by atoms with E-state index < -0.39 is 12.2 Å². The molecule has 8 rings (SSSR count). The lowest BCUT2D eigenvalue weighted by Crippen LogP contribution is -2.25. The molecule has 3 N–H and O–H groups in total. The first-order chi connectivity index (χ1) is 34.8. The molecule has 0 aromatic heterocycles. The number of ether oxygens (including phenoxy) is 7.